The molecule has 0 saturated carbocycles. The van der Waals surface area contributed by atoms with Gasteiger partial charge in [0, 0.05) is 0 Å². The molecule has 0 atom stereocenters. The van der Waals surface area contributed by atoms with Crippen LogP contribution in [0.1, 0.15) is 52.9 Å². The smallest absolute Gasteiger partial charge is 0.0158 e. The van der Waals surface area contributed by atoms with Gasteiger partial charge < -0.3 is 6.92 Å². The monoisotopic (exact) mass is 290 g/mol. The van der Waals surface area contributed by atoms with Gasteiger partial charge in [-0.05, 0) is 6.42 Å². The summed E-state index contributed by atoms with van der Waals surface area (Å²) in [7, 11) is 0. The summed E-state index contributed by atoms with van der Waals surface area (Å²) in [5, 5.41) is 0. The van der Waals surface area contributed by atoms with E-state index in [9.17, 15) is 0 Å². The van der Waals surface area contributed by atoms with Crippen LogP contribution >= 0.6 is 0 Å². The van der Waals surface area contributed by atoms with E-state index in [1.807, 2.05) is 0 Å². The molecule has 0 aromatic carbocycles. The molecule has 0 fully saturated rings. The Morgan fingerprint density at radius 2 is 2.11 bits per heavy atom. The molecule has 0 unspecified atom stereocenters. The summed E-state index contributed by atoms with van der Waals surface area (Å²) in [5.74, 6) is 0. The Balaban J connectivity index is 0.000000261. The maximum Gasteiger partial charge on any atom is -0.0158 e. The number of hydrogen-bond acceptors (Lipinski definition) is 0. The Labute approximate surface area is 131 Å². The van der Waals surface area contributed by atoms with Crippen LogP contribution in [0, 0.1) is 13.0 Å². The molecule has 0 aromatic heterocycles. The maximum absolute atomic E-state index is 3.76. The topological polar surface area (TPSA) is 0 Å². The molecule has 0 amide bonds. The first-order valence-corrected chi connectivity index (χ1v) is 7.93. The second kappa shape index (κ2) is 12.6. The van der Waals surface area contributed by atoms with E-state index >= 15 is 0 Å². The standard InChI is InChI=1S/2C7H9.C4H8.Ti/c1-6-3-4-7(2)5-6;1-2-7-5-3-4-6-7;1-3-4-2;/h3H,4H2,1-2H3;3-5H,1-2,6H2;1H,3-4H2,2H3;/q2*-1;;+2. The van der Waals surface area contributed by atoms with E-state index in [1.54, 1.807) is 0 Å². The van der Waals surface area contributed by atoms with Crippen molar-refractivity contribution in [3.8, 4) is 0 Å². The molecular formula is C18H26Ti. The van der Waals surface area contributed by atoms with Crippen LogP contribution in [-0.4, -0.2) is 4.31 Å². The Hall–Kier alpha value is -0.456. The molecule has 2 aliphatic carbocycles. The predicted octanol–water partition coefficient (Wildman–Crippen LogP) is 5.32. The third-order valence-electron chi connectivity index (χ3n) is 2.73. The molecule has 0 nitrogen and oxygen atoms in total. The van der Waals surface area contributed by atoms with Gasteiger partial charge in [-0.3, -0.25) is 6.08 Å². The first kappa shape index (κ1) is 18.5. The van der Waals surface area contributed by atoms with Crippen molar-refractivity contribution in [1.29, 1.82) is 0 Å². The number of hydrogen-bond donors (Lipinski definition) is 0. The third kappa shape index (κ3) is 11.1. The van der Waals surface area contributed by atoms with Crippen LogP contribution in [0.2, 0.25) is 0 Å². The van der Waals surface area contributed by atoms with Gasteiger partial charge in [-0.2, -0.15) is 12.0 Å². The molecule has 0 N–H and O–H groups in total. The fourth-order valence-corrected chi connectivity index (χ4v) is 2.02. The average molecular weight is 290 g/mol. The van der Waals surface area contributed by atoms with Crippen LogP contribution in [0.5, 0.6) is 0 Å². The number of rotatable bonds is 3. The molecular weight excluding hydrogens is 264 g/mol. The largest absolute Gasteiger partial charge is 0.339 e. The summed E-state index contributed by atoms with van der Waals surface area (Å²) in [6, 6.07) is 0. The second-order valence-corrected chi connectivity index (χ2v) is 5.33. The maximum atomic E-state index is 3.76. The zero-order valence-electron chi connectivity index (χ0n) is 12.6. The van der Waals surface area contributed by atoms with Crippen LogP contribution in [-0.2, 0) is 20.0 Å². The first-order valence-electron chi connectivity index (χ1n) is 7.03. The van der Waals surface area contributed by atoms with Gasteiger partial charge in [0.25, 0.3) is 0 Å². The molecule has 0 radical (unpaired) electrons. The van der Waals surface area contributed by atoms with Crippen molar-refractivity contribution in [2.75, 3.05) is 0 Å². The Morgan fingerprint density at radius 3 is 2.26 bits per heavy atom. The molecule has 19 heavy (non-hydrogen) atoms. The molecule has 102 valence electrons. The third-order valence-corrected chi connectivity index (χ3v) is 3.18. The molecule has 1 heteroatoms. The molecule has 2 aliphatic rings. The Bertz CT molecular complexity index is 367. The summed E-state index contributed by atoms with van der Waals surface area (Å²) in [5.41, 5.74) is 4.09. The van der Waals surface area contributed by atoms with E-state index in [-0.39, 0.29) is 0 Å². The van der Waals surface area contributed by atoms with Gasteiger partial charge >= 0.3 is 44.1 Å². The SMILES string of the molecule is CC1=[C-]C(C)=CC1.CCC[CH]=[Ti+2].[CH2-]CC1=CC=CC1. The van der Waals surface area contributed by atoms with Crippen molar-refractivity contribution in [3.05, 3.63) is 54.0 Å². The van der Waals surface area contributed by atoms with Gasteiger partial charge in [0.2, 0.25) is 0 Å². The molecule has 0 bridgehead atoms. The quantitative estimate of drug-likeness (QED) is 0.487. The van der Waals surface area contributed by atoms with E-state index in [0.29, 0.717) is 0 Å². The minimum atomic E-state index is 0.965. The molecule has 0 saturated heterocycles. The van der Waals surface area contributed by atoms with Crippen molar-refractivity contribution in [3.63, 3.8) is 0 Å². The van der Waals surface area contributed by atoms with E-state index in [2.05, 4.69) is 82.4 Å². The fraction of sp³-hybridized carbons (Fsp3) is 0.444. The minimum absolute atomic E-state index is 0.965. The number of unbranched alkanes of at least 4 members (excludes halogenated alkanes) is 1. The zero-order valence-corrected chi connectivity index (χ0v) is 14.2. The van der Waals surface area contributed by atoms with Gasteiger partial charge in [0.15, 0.2) is 0 Å². The van der Waals surface area contributed by atoms with Crippen LogP contribution in [0.15, 0.2) is 41.0 Å². The normalized spacial score (nSPS) is 15.6. The van der Waals surface area contributed by atoms with Gasteiger partial charge in [-0.1, -0.05) is 44.1 Å². The first-order chi connectivity index (χ1) is 9.13. The van der Waals surface area contributed by atoms with Crippen LogP contribution < -0.4 is 0 Å². The molecule has 0 aromatic rings. The predicted molar refractivity (Wildman–Crippen MR) is 83.6 cm³/mol. The van der Waals surface area contributed by atoms with Gasteiger partial charge in [0.1, 0.15) is 0 Å². The molecule has 0 heterocycles. The summed E-state index contributed by atoms with van der Waals surface area (Å²) < 4.78 is 2.18. The Kier molecular flexibility index (Phi) is 12.3. The Morgan fingerprint density at radius 1 is 1.37 bits per heavy atom. The summed E-state index contributed by atoms with van der Waals surface area (Å²) in [4.78, 5) is 0. The van der Waals surface area contributed by atoms with Gasteiger partial charge in [-0.15, -0.1) is 0 Å². The van der Waals surface area contributed by atoms with E-state index in [1.165, 1.54) is 29.6 Å². The number of allylic oxidation sites excluding steroid dienone is 8. The summed E-state index contributed by atoms with van der Waals surface area (Å²) in [6.07, 6.45) is 17.5. The summed E-state index contributed by atoms with van der Waals surface area (Å²) in [6.45, 7) is 10.1. The van der Waals surface area contributed by atoms with Crippen LogP contribution in [0.25, 0.3) is 0 Å². The van der Waals surface area contributed by atoms with Crippen molar-refractivity contribution in [2.24, 2.45) is 0 Å². The molecule has 0 spiro atoms. The summed E-state index contributed by atoms with van der Waals surface area (Å²) >= 11 is 2.09. The molecule has 0 aliphatic heterocycles. The van der Waals surface area contributed by atoms with Crippen molar-refractivity contribution in [1.82, 2.24) is 0 Å². The van der Waals surface area contributed by atoms with Crippen molar-refractivity contribution in [2.45, 2.75) is 52.9 Å². The second-order valence-electron chi connectivity index (χ2n) is 4.70. The zero-order chi connectivity index (χ0) is 14.5. The van der Waals surface area contributed by atoms with Gasteiger partial charge in [0.05, 0.1) is 0 Å². The van der Waals surface area contributed by atoms with Crippen molar-refractivity contribution >= 4 is 4.31 Å². The minimum Gasteiger partial charge on any atom is -0.339 e. The van der Waals surface area contributed by atoms with Crippen molar-refractivity contribution < 1.29 is 20.0 Å². The average Bonchev–Trinajstić information content (AvgIpc) is 3.03. The van der Waals surface area contributed by atoms with E-state index < -0.39 is 0 Å². The van der Waals surface area contributed by atoms with Crippen LogP contribution in [0.3, 0.4) is 0 Å². The van der Waals surface area contributed by atoms with E-state index in [0.717, 1.165) is 19.3 Å². The van der Waals surface area contributed by atoms with Crippen LogP contribution in [0.4, 0.5) is 0 Å². The van der Waals surface area contributed by atoms with Gasteiger partial charge in [-0.25, -0.2) is 11.6 Å². The van der Waals surface area contributed by atoms with E-state index in [4.69, 9.17) is 0 Å². The fourth-order valence-electron chi connectivity index (χ4n) is 1.57. The molecule has 2 rings (SSSR count).